The van der Waals surface area contributed by atoms with E-state index in [2.05, 4.69) is 5.32 Å². The van der Waals surface area contributed by atoms with Gasteiger partial charge in [0.1, 0.15) is 0 Å². The first-order valence-corrected chi connectivity index (χ1v) is 7.31. The van der Waals surface area contributed by atoms with Crippen molar-refractivity contribution in [3.05, 3.63) is 69.2 Å². The molecule has 0 aromatic heterocycles. The highest BCUT2D eigenvalue weighted by Crippen LogP contribution is 2.26. The Hall–Kier alpha value is -1.16. The molecular weight excluding hydrogens is 315 g/mol. The molecule has 0 aliphatic rings. The summed E-state index contributed by atoms with van der Waals surface area (Å²) in [6.07, 6.45) is 1.21. The average molecular weight is 330 g/mol. The molecule has 0 aliphatic heterocycles. The Morgan fingerprint density at radius 1 is 1.05 bits per heavy atom. The van der Waals surface area contributed by atoms with Gasteiger partial charge in [0.05, 0.1) is 10.0 Å². The number of hydrogen-bond donors (Lipinski definition) is 1. The van der Waals surface area contributed by atoms with Gasteiger partial charge in [-0.3, -0.25) is 0 Å². The molecule has 1 unspecified atom stereocenters. The first-order chi connectivity index (χ1) is 10.0. The van der Waals surface area contributed by atoms with Gasteiger partial charge in [0.2, 0.25) is 0 Å². The Balaban J connectivity index is 2.13. The van der Waals surface area contributed by atoms with Crippen LogP contribution in [0.3, 0.4) is 0 Å². The van der Waals surface area contributed by atoms with Gasteiger partial charge in [-0.25, -0.2) is 8.78 Å². The van der Waals surface area contributed by atoms with Crippen molar-refractivity contribution in [2.75, 3.05) is 7.05 Å². The minimum atomic E-state index is -0.836. The molecule has 1 N–H and O–H groups in total. The third kappa shape index (κ3) is 4.16. The van der Waals surface area contributed by atoms with Gasteiger partial charge in [0, 0.05) is 6.04 Å². The molecule has 2 rings (SSSR count). The SMILES string of the molecule is CNC(Cc1ccc(F)c(F)c1)Cc1cccc(Cl)c1Cl. The van der Waals surface area contributed by atoms with Crippen molar-refractivity contribution in [3.8, 4) is 0 Å². The summed E-state index contributed by atoms with van der Waals surface area (Å²) in [7, 11) is 1.82. The van der Waals surface area contributed by atoms with E-state index in [-0.39, 0.29) is 6.04 Å². The quantitative estimate of drug-likeness (QED) is 0.842. The largest absolute Gasteiger partial charge is 0.316 e. The molecule has 0 saturated carbocycles. The molecule has 112 valence electrons. The molecule has 0 aliphatic carbocycles. The number of nitrogens with one attached hydrogen (secondary N) is 1. The van der Waals surface area contributed by atoms with E-state index in [0.717, 1.165) is 17.2 Å². The van der Waals surface area contributed by atoms with Gasteiger partial charge in [-0.15, -0.1) is 0 Å². The second kappa shape index (κ2) is 7.21. The molecule has 21 heavy (non-hydrogen) atoms. The maximum atomic E-state index is 13.2. The van der Waals surface area contributed by atoms with Crippen LogP contribution in [0.5, 0.6) is 0 Å². The highest BCUT2D eigenvalue weighted by Gasteiger charge is 2.13. The van der Waals surface area contributed by atoms with Crippen molar-refractivity contribution in [1.82, 2.24) is 5.32 Å². The van der Waals surface area contributed by atoms with E-state index in [1.54, 1.807) is 12.1 Å². The molecular formula is C16H15Cl2F2N. The highest BCUT2D eigenvalue weighted by atomic mass is 35.5. The van der Waals surface area contributed by atoms with Gasteiger partial charge in [-0.1, -0.05) is 41.4 Å². The van der Waals surface area contributed by atoms with Crippen LogP contribution in [-0.4, -0.2) is 13.1 Å². The summed E-state index contributed by atoms with van der Waals surface area (Å²) >= 11 is 12.2. The molecule has 1 nitrogen and oxygen atoms in total. The Kier molecular flexibility index (Phi) is 5.57. The van der Waals surface area contributed by atoms with Crippen molar-refractivity contribution in [3.63, 3.8) is 0 Å². The summed E-state index contributed by atoms with van der Waals surface area (Å²) < 4.78 is 26.2. The molecule has 2 aromatic carbocycles. The lowest BCUT2D eigenvalue weighted by Gasteiger charge is -2.17. The van der Waals surface area contributed by atoms with Gasteiger partial charge < -0.3 is 5.32 Å². The van der Waals surface area contributed by atoms with Crippen LogP contribution in [0.1, 0.15) is 11.1 Å². The Bertz CT molecular complexity index is 632. The molecule has 2 aromatic rings. The van der Waals surface area contributed by atoms with Gasteiger partial charge in [-0.05, 0) is 49.2 Å². The second-order valence-electron chi connectivity index (χ2n) is 4.86. The summed E-state index contributed by atoms with van der Waals surface area (Å²) in [6.45, 7) is 0. The van der Waals surface area contributed by atoms with Crippen LogP contribution in [0.15, 0.2) is 36.4 Å². The van der Waals surface area contributed by atoms with Crippen LogP contribution in [-0.2, 0) is 12.8 Å². The predicted molar refractivity (Wildman–Crippen MR) is 83.1 cm³/mol. The van der Waals surface area contributed by atoms with Crippen LogP contribution in [0.25, 0.3) is 0 Å². The standard InChI is InChI=1S/C16H15Cl2F2N/c1-21-12(7-10-5-6-14(19)15(20)8-10)9-11-3-2-4-13(17)16(11)18/h2-6,8,12,21H,7,9H2,1H3. The molecule has 0 fully saturated rings. The van der Waals surface area contributed by atoms with Gasteiger partial charge in [-0.2, -0.15) is 0 Å². The lowest BCUT2D eigenvalue weighted by molar-refractivity contribution is 0.503. The first kappa shape index (κ1) is 16.2. The van der Waals surface area contributed by atoms with Crippen LogP contribution in [0.2, 0.25) is 10.0 Å². The van der Waals surface area contributed by atoms with Gasteiger partial charge >= 0.3 is 0 Å². The van der Waals surface area contributed by atoms with E-state index in [0.29, 0.717) is 22.9 Å². The molecule has 0 spiro atoms. The van der Waals surface area contributed by atoms with Crippen molar-refractivity contribution in [2.24, 2.45) is 0 Å². The maximum Gasteiger partial charge on any atom is 0.159 e. The summed E-state index contributed by atoms with van der Waals surface area (Å²) in [4.78, 5) is 0. The van der Waals surface area contributed by atoms with Crippen molar-refractivity contribution in [1.29, 1.82) is 0 Å². The Morgan fingerprint density at radius 2 is 1.81 bits per heavy atom. The summed E-state index contributed by atoms with van der Waals surface area (Å²) in [5.74, 6) is -1.67. The first-order valence-electron chi connectivity index (χ1n) is 6.55. The zero-order chi connectivity index (χ0) is 15.4. The van der Waals surface area contributed by atoms with E-state index in [4.69, 9.17) is 23.2 Å². The monoisotopic (exact) mass is 329 g/mol. The van der Waals surface area contributed by atoms with E-state index >= 15 is 0 Å². The zero-order valence-corrected chi connectivity index (χ0v) is 13.0. The molecule has 1 atom stereocenters. The van der Waals surface area contributed by atoms with Crippen LogP contribution in [0, 0.1) is 11.6 Å². The van der Waals surface area contributed by atoms with Crippen LogP contribution >= 0.6 is 23.2 Å². The van der Waals surface area contributed by atoms with Gasteiger partial charge in [0.15, 0.2) is 11.6 Å². The fourth-order valence-corrected chi connectivity index (χ4v) is 2.60. The maximum absolute atomic E-state index is 13.2. The summed E-state index contributed by atoms with van der Waals surface area (Å²) in [5.41, 5.74) is 1.65. The molecule has 0 radical (unpaired) electrons. The number of rotatable bonds is 5. The smallest absolute Gasteiger partial charge is 0.159 e. The van der Waals surface area contributed by atoms with Crippen molar-refractivity contribution < 1.29 is 8.78 Å². The minimum Gasteiger partial charge on any atom is -0.316 e. The normalized spacial score (nSPS) is 12.4. The lowest BCUT2D eigenvalue weighted by atomic mass is 9.99. The summed E-state index contributed by atoms with van der Waals surface area (Å²) in [5, 5.41) is 4.20. The Labute approximate surface area is 132 Å². The van der Waals surface area contributed by atoms with Crippen LogP contribution < -0.4 is 5.32 Å². The van der Waals surface area contributed by atoms with Crippen molar-refractivity contribution >= 4 is 23.2 Å². The third-order valence-electron chi connectivity index (χ3n) is 3.37. The fraction of sp³-hybridized carbons (Fsp3) is 0.250. The molecule has 5 heteroatoms. The topological polar surface area (TPSA) is 12.0 Å². The number of hydrogen-bond acceptors (Lipinski definition) is 1. The third-order valence-corrected chi connectivity index (χ3v) is 4.23. The lowest BCUT2D eigenvalue weighted by Crippen LogP contribution is -2.30. The minimum absolute atomic E-state index is 0.0471. The molecule has 0 saturated heterocycles. The predicted octanol–water partition coefficient (Wildman–Crippen LogP) is 4.64. The fourth-order valence-electron chi connectivity index (χ4n) is 2.20. The summed E-state index contributed by atoms with van der Waals surface area (Å²) in [6, 6.07) is 9.48. The number of halogens is 4. The average Bonchev–Trinajstić information content (AvgIpc) is 2.47. The molecule has 0 amide bonds. The van der Waals surface area contributed by atoms with E-state index in [9.17, 15) is 8.78 Å². The number of likely N-dealkylation sites (N-methyl/N-ethyl adjacent to an activating group) is 1. The van der Waals surface area contributed by atoms with E-state index in [1.165, 1.54) is 6.07 Å². The van der Waals surface area contributed by atoms with Crippen LogP contribution in [0.4, 0.5) is 8.78 Å². The molecule has 0 bridgehead atoms. The van der Waals surface area contributed by atoms with Crippen molar-refractivity contribution in [2.45, 2.75) is 18.9 Å². The zero-order valence-electron chi connectivity index (χ0n) is 11.5. The van der Waals surface area contributed by atoms with Gasteiger partial charge in [0.25, 0.3) is 0 Å². The number of benzene rings is 2. The highest BCUT2D eigenvalue weighted by molar-refractivity contribution is 6.42. The second-order valence-corrected chi connectivity index (χ2v) is 5.64. The molecule has 0 heterocycles. The van der Waals surface area contributed by atoms with E-state index in [1.807, 2.05) is 19.2 Å². The Morgan fingerprint density at radius 3 is 2.48 bits per heavy atom. The van der Waals surface area contributed by atoms with E-state index < -0.39 is 11.6 Å².